The van der Waals surface area contributed by atoms with Gasteiger partial charge in [0.15, 0.2) is 5.82 Å². The van der Waals surface area contributed by atoms with Gasteiger partial charge in [-0.05, 0) is 18.9 Å². The summed E-state index contributed by atoms with van der Waals surface area (Å²) in [5.74, 6) is 0.867. The molecule has 0 aliphatic rings. The smallest absolute Gasteiger partial charge is 0.161 e. The Morgan fingerprint density at radius 1 is 1.16 bits per heavy atom. The van der Waals surface area contributed by atoms with E-state index in [1.165, 1.54) is 5.56 Å². The summed E-state index contributed by atoms with van der Waals surface area (Å²) in [5.41, 5.74) is 3.12. The minimum atomic E-state index is 0.138. The van der Waals surface area contributed by atoms with Crippen molar-refractivity contribution in [3.63, 3.8) is 0 Å². The largest absolute Gasteiger partial charge is 0.348 e. The number of hydrogen-bond acceptors (Lipinski definition) is 4. The van der Waals surface area contributed by atoms with Gasteiger partial charge in [-0.2, -0.15) is 5.10 Å². The molecule has 0 saturated heterocycles. The van der Waals surface area contributed by atoms with Crippen LogP contribution in [0, 0.1) is 6.92 Å². The Kier molecular flexibility index (Phi) is 4.12. The Balaban J connectivity index is 1.71. The molecule has 7 heteroatoms. The second-order valence-electron chi connectivity index (χ2n) is 5.91. The van der Waals surface area contributed by atoms with Crippen LogP contribution in [-0.4, -0.2) is 34.3 Å². The van der Waals surface area contributed by atoms with Crippen LogP contribution in [0.5, 0.6) is 0 Å². The molecule has 4 aromatic rings. The van der Waals surface area contributed by atoms with Gasteiger partial charge in [-0.25, -0.2) is 15.0 Å². The molecular formula is C18H19N7. The highest BCUT2D eigenvalue weighted by atomic mass is 15.3. The van der Waals surface area contributed by atoms with Gasteiger partial charge >= 0.3 is 0 Å². The molecule has 1 N–H and O–H groups in total. The van der Waals surface area contributed by atoms with Gasteiger partial charge in [-0.1, -0.05) is 30.3 Å². The molecule has 7 nitrogen and oxygen atoms in total. The van der Waals surface area contributed by atoms with E-state index in [0.717, 1.165) is 30.2 Å². The topological polar surface area (TPSA) is 77.2 Å². The van der Waals surface area contributed by atoms with Crippen molar-refractivity contribution in [2.75, 3.05) is 0 Å². The van der Waals surface area contributed by atoms with E-state index in [-0.39, 0.29) is 6.04 Å². The third kappa shape index (κ3) is 3.08. The molecule has 3 heterocycles. The van der Waals surface area contributed by atoms with Gasteiger partial charge in [0.1, 0.15) is 18.3 Å². The summed E-state index contributed by atoms with van der Waals surface area (Å²) in [7, 11) is 0. The summed E-state index contributed by atoms with van der Waals surface area (Å²) in [6, 6.07) is 10.6. The van der Waals surface area contributed by atoms with Gasteiger partial charge in [-0.15, -0.1) is 0 Å². The molecule has 0 unspecified atom stereocenters. The fourth-order valence-electron chi connectivity index (χ4n) is 3.08. The molecule has 126 valence electrons. The number of nitrogens with zero attached hydrogens (tertiary/aromatic N) is 6. The molecule has 0 amide bonds. The number of aromatic nitrogens is 7. The average molecular weight is 333 g/mol. The van der Waals surface area contributed by atoms with Crippen LogP contribution in [0.1, 0.15) is 23.7 Å². The maximum Gasteiger partial charge on any atom is 0.161 e. The lowest BCUT2D eigenvalue weighted by molar-refractivity contribution is 0.471. The highest BCUT2D eigenvalue weighted by Gasteiger charge is 2.20. The van der Waals surface area contributed by atoms with E-state index in [2.05, 4.69) is 53.9 Å². The number of aryl methyl sites for hydroxylation is 2. The van der Waals surface area contributed by atoms with Gasteiger partial charge in [0.25, 0.3) is 0 Å². The Hall–Kier alpha value is -3.22. The van der Waals surface area contributed by atoms with Crippen molar-refractivity contribution < 1.29 is 0 Å². The monoisotopic (exact) mass is 333 g/mol. The summed E-state index contributed by atoms with van der Waals surface area (Å²) in [6.45, 7) is 2.78. The van der Waals surface area contributed by atoms with Crippen LogP contribution in [0.25, 0.3) is 11.5 Å². The van der Waals surface area contributed by atoms with Gasteiger partial charge < -0.3 is 9.55 Å². The molecule has 1 atom stereocenters. The van der Waals surface area contributed by atoms with Crippen molar-refractivity contribution in [2.24, 2.45) is 0 Å². The summed E-state index contributed by atoms with van der Waals surface area (Å²) in [6.07, 6.45) is 9.73. The molecule has 0 aliphatic heterocycles. The summed E-state index contributed by atoms with van der Waals surface area (Å²) in [5, 5.41) is 4.21. The zero-order valence-electron chi connectivity index (χ0n) is 13.9. The standard InChI is InChI=1S/C18H19N7/c1-14-17(22-12-21-14)18-20-8-10-25(18)16(15-5-3-2-4-6-15)7-9-24-13-19-11-23-24/h2-6,8,10-13,16H,7,9H2,1H3,(H,21,22)/t16-/m1/s1. The Morgan fingerprint density at radius 3 is 2.76 bits per heavy atom. The summed E-state index contributed by atoms with van der Waals surface area (Å²) < 4.78 is 4.04. The third-order valence-corrected chi connectivity index (χ3v) is 4.33. The van der Waals surface area contributed by atoms with Gasteiger partial charge in [-0.3, -0.25) is 4.68 Å². The van der Waals surface area contributed by atoms with Crippen LogP contribution in [0.4, 0.5) is 0 Å². The number of benzene rings is 1. The molecule has 0 bridgehead atoms. The van der Waals surface area contributed by atoms with Crippen molar-refractivity contribution >= 4 is 0 Å². The lowest BCUT2D eigenvalue weighted by Gasteiger charge is -2.21. The fourth-order valence-corrected chi connectivity index (χ4v) is 3.08. The lowest BCUT2D eigenvalue weighted by atomic mass is 10.0. The quantitative estimate of drug-likeness (QED) is 0.588. The first-order valence-electron chi connectivity index (χ1n) is 8.23. The van der Waals surface area contributed by atoms with Crippen LogP contribution in [0.15, 0.2) is 61.7 Å². The van der Waals surface area contributed by atoms with E-state index in [0.29, 0.717) is 0 Å². The van der Waals surface area contributed by atoms with E-state index in [1.807, 2.05) is 30.1 Å². The van der Waals surface area contributed by atoms with Crippen LogP contribution < -0.4 is 0 Å². The molecule has 3 aromatic heterocycles. The SMILES string of the molecule is Cc1[nH]cnc1-c1nccn1[C@H](CCn1cncn1)c1ccccc1. The Labute approximate surface area is 145 Å². The molecule has 1 aromatic carbocycles. The zero-order valence-corrected chi connectivity index (χ0v) is 13.9. The van der Waals surface area contributed by atoms with Crippen LogP contribution in [0.2, 0.25) is 0 Å². The normalized spacial score (nSPS) is 12.4. The molecule has 0 radical (unpaired) electrons. The second kappa shape index (κ2) is 6.72. The van der Waals surface area contributed by atoms with Crippen molar-refractivity contribution in [2.45, 2.75) is 25.9 Å². The predicted octanol–water partition coefficient (Wildman–Crippen LogP) is 2.85. The maximum atomic E-state index is 4.56. The minimum Gasteiger partial charge on any atom is -0.348 e. The number of imidazole rings is 2. The van der Waals surface area contributed by atoms with E-state index < -0.39 is 0 Å². The van der Waals surface area contributed by atoms with E-state index in [4.69, 9.17) is 0 Å². The maximum absolute atomic E-state index is 4.56. The molecule has 4 rings (SSSR count). The van der Waals surface area contributed by atoms with Crippen molar-refractivity contribution in [3.05, 3.63) is 73.0 Å². The second-order valence-corrected chi connectivity index (χ2v) is 5.91. The number of hydrogen-bond donors (Lipinski definition) is 1. The summed E-state index contributed by atoms with van der Waals surface area (Å²) in [4.78, 5) is 16.1. The first-order valence-corrected chi connectivity index (χ1v) is 8.23. The van der Waals surface area contributed by atoms with Crippen molar-refractivity contribution in [1.82, 2.24) is 34.3 Å². The van der Waals surface area contributed by atoms with Crippen LogP contribution >= 0.6 is 0 Å². The highest BCUT2D eigenvalue weighted by Crippen LogP contribution is 2.28. The predicted molar refractivity (Wildman–Crippen MR) is 93.8 cm³/mol. The van der Waals surface area contributed by atoms with Gasteiger partial charge in [0.2, 0.25) is 0 Å². The number of nitrogens with one attached hydrogen (secondary N) is 1. The summed E-state index contributed by atoms with van der Waals surface area (Å²) >= 11 is 0. The third-order valence-electron chi connectivity index (χ3n) is 4.33. The molecular weight excluding hydrogens is 314 g/mol. The van der Waals surface area contributed by atoms with Crippen molar-refractivity contribution in [3.8, 4) is 11.5 Å². The average Bonchev–Trinajstić information content (AvgIpc) is 3.38. The first kappa shape index (κ1) is 15.3. The number of rotatable bonds is 6. The van der Waals surface area contributed by atoms with Gasteiger partial charge in [0, 0.05) is 24.6 Å². The first-order chi connectivity index (χ1) is 12.3. The highest BCUT2D eigenvalue weighted by molar-refractivity contribution is 5.53. The number of aromatic amines is 1. The Bertz CT molecular complexity index is 921. The lowest BCUT2D eigenvalue weighted by Crippen LogP contribution is -2.15. The van der Waals surface area contributed by atoms with E-state index in [9.17, 15) is 0 Å². The molecule has 0 fully saturated rings. The van der Waals surface area contributed by atoms with Crippen LogP contribution in [0.3, 0.4) is 0 Å². The molecule has 25 heavy (non-hydrogen) atoms. The fraction of sp³-hybridized carbons (Fsp3) is 0.222. The molecule has 0 spiro atoms. The van der Waals surface area contributed by atoms with Crippen molar-refractivity contribution in [1.29, 1.82) is 0 Å². The van der Waals surface area contributed by atoms with E-state index in [1.54, 1.807) is 19.0 Å². The molecule has 0 aliphatic carbocycles. The molecule has 0 saturated carbocycles. The zero-order chi connectivity index (χ0) is 17.1. The van der Waals surface area contributed by atoms with Gasteiger partial charge in [0.05, 0.1) is 12.4 Å². The van der Waals surface area contributed by atoms with Crippen LogP contribution in [-0.2, 0) is 6.54 Å². The Morgan fingerprint density at radius 2 is 2.04 bits per heavy atom. The number of H-pyrrole nitrogens is 1. The minimum absolute atomic E-state index is 0.138. The van der Waals surface area contributed by atoms with E-state index >= 15 is 0 Å².